The molecular weight excluding hydrogens is 323 g/mol. The minimum Gasteiger partial charge on any atom is -0.271 e. The molecule has 0 aliphatic heterocycles. The predicted molar refractivity (Wildman–Crippen MR) is 80.6 cm³/mol. The van der Waals surface area contributed by atoms with Gasteiger partial charge >= 0.3 is 0 Å². The number of hydrogen-bond acceptors (Lipinski definition) is 3. The van der Waals surface area contributed by atoms with E-state index >= 15 is 0 Å². The molecule has 2 aromatic rings. The third kappa shape index (κ3) is 2.92. The van der Waals surface area contributed by atoms with Crippen LogP contribution in [0.1, 0.15) is 28.6 Å². The largest absolute Gasteiger partial charge is 0.271 e. The molecule has 0 aliphatic carbocycles. The normalized spacial score (nSPS) is 12.7. The van der Waals surface area contributed by atoms with Crippen LogP contribution < -0.4 is 11.3 Å². The van der Waals surface area contributed by atoms with Crippen LogP contribution in [-0.2, 0) is 13.5 Å². The summed E-state index contributed by atoms with van der Waals surface area (Å²) < 4.78 is 16.8. The predicted octanol–water partition coefficient (Wildman–Crippen LogP) is 2.69. The second kappa shape index (κ2) is 6.03. The van der Waals surface area contributed by atoms with E-state index in [1.54, 1.807) is 10.7 Å². The van der Waals surface area contributed by atoms with Gasteiger partial charge in [-0.25, -0.2) is 4.39 Å². The zero-order valence-electron chi connectivity index (χ0n) is 11.7. The van der Waals surface area contributed by atoms with Gasteiger partial charge < -0.3 is 0 Å². The van der Waals surface area contributed by atoms with Gasteiger partial charge in [0.25, 0.3) is 0 Å². The number of aryl methyl sites for hydroxylation is 3. The highest BCUT2D eigenvalue weighted by molar-refractivity contribution is 9.10. The van der Waals surface area contributed by atoms with Gasteiger partial charge in [0.15, 0.2) is 0 Å². The molecule has 1 aromatic heterocycles. The molecule has 20 heavy (non-hydrogen) atoms. The first-order chi connectivity index (χ1) is 9.43. The number of nitrogens with zero attached hydrogens (tertiary/aromatic N) is 2. The van der Waals surface area contributed by atoms with Crippen molar-refractivity contribution in [1.29, 1.82) is 0 Å². The van der Waals surface area contributed by atoms with Crippen LogP contribution in [0.3, 0.4) is 0 Å². The van der Waals surface area contributed by atoms with Gasteiger partial charge in [0.2, 0.25) is 0 Å². The van der Waals surface area contributed by atoms with E-state index in [9.17, 15) is 4.39 Å². The van der Waals surface area contributed by atoms with E-state index in [0.717, 1.165) is 21.4 Å². The van der Waals surface area contributed by atoms with Gasteiger partial charge in [-0.3, -0.25) is 16.0 Å². The topological polar surface area (TPSA) is 55.9 Å². The van der Waals surface area contributed by atoms with Crippen molar-refractivity contribution >= 4 is 15.9 Å². The Morgan fingerprint density at radius 1 is 1.45 bits per heavy atom. The molecular formula is C14H18BrFN4. The number of hydrazine groups is 1. The molecule has 2 rings (SSSR count). The first-order valence-electron chi connectivity index (χ1n) is 6.34. The molecule has 0 fully saturated rings. The molecule has 0 radical (unpaired) electrons. The van der Waals surface area contributed by atoms with Crippen LogP contribution in [-0.4, -0.2) is 9.78 Å². The Labute approximate surface area is 126 Å². The average Bonchev–Trinajstić information content (AvgIpc) is 2.62. The van der Waals surface area contributed by atoms with E-state index in [1.165, 1.54) is 6.07 Å². The van der Waals surface area contributed by atoms with Crippen LogP contribution >= 0.6 is 15.9 Å². The number of hydrogen-bond donors (Lipinski definition) is 2. The van der Waals surface area contributed by atoms with Gasteiger partial charge in [0.1, 0.15) is 5.82 Å². The summed E-state index contributed by atoms with van der Waals surface area (Å²) in [5.41, 5.74) is 6.02. The molecule has 3 N–H and O–H groups in total. The van der Waals surface area contributed by atoms with Crippen molar-refractivity contribution in [3.05, 3.63) is 51.0 Å². The van der Waals surface area contributed by atoms with Crippen LogP contribution in [0.4, 0.5) is 4.39 Å². The lowest BCUT2D eigenvalue weighted by Gasteiger charge is -2.18. The first-order valence-corrected chi connectivity index (χ1v) is 7.13. The summed E-state index contributed by atoms with van der Waals surface area (Å²) in [6.45, 7) is 3.78. The Morgan fingerprint density at radius 2 is 2.15 bits per heavy atom. The molecule has 0 aliphatic rings. The van der Waals surface area contributed by atoms with Crippen LogP contribution in [0.2, 0.25) is 0 Å². The van der Waals surface area contributed by atoms with Crippen molar-refractivity contribution < 1.29 is 4.39 Å². The average molecular weight is 341 g/mol. The van der Waals surface area contributed by atoms with Crippen LogP contribution in [0.25, 0.3) is 0 Å². The highest BCUT2D eigenvalue weighted by atomic mass is 79.9. The Kier molecular flexibility index (Phi) is 4.57. The number of benzene rings is 1. The summed E-state index contributed by atoms with van der Waals surface area (Å²) in [5.74, 6) is 5.36. The number of aromatic nitrogens is 2. The monoisotopic (exact) mass is 340 g/mol. The van der Waals surface area contributed by atoms with E-state index in [0.29, 0.717) is 12.0 Å². The number of nitrogens with two attached hydrogens (primary N) is 1. The summed E-state index contributed by atoms with van der Waals surface area (Å²) in [4.78, 5) is 0. The Hall–Kier alpha value is -1.24. The van der Waals surface area contributed by atoms with E-state index in [2.05, 4.69) is 26.5 Å². The quantitative estimate of drug-likeness (QED) is 0.664. The second-order valence-electron chi connectivity index (χ2n) is 4.92. The minimum atomic E-state index is -0.304. The zero-order valence-corrected chi connectivity index (χ0v) is 13.3. The summed E-state index contributed by atoms with van der Waals surface area (Å²) in [6, 6.07) is 4.86. The SMILES string of the molecule is Cc1ccc(C(Cc2c(Br)c(C)nn2C)NN)c(F)c1. The standard InChI is InChI=1S/C14H18BrFN4/c1-8-4-5-10(11(16)6-8)12(18-17)7-13-14(15)9(2)19-20(13)3/h4-6,12,18H,7,17H2,1-3H3. The van der Waals surface area contributed by atoms with Gasteiger partial charge in [-0.15, -0.1) is 0 Å². The van der Waals surface area contributed by atoms with Crippen LogP contribution in [0, 0.1) is 19.7 Å². The lowest BCUT2D eigenvalue weighted by atomic mass is 10.0. The van der Waals surface area contributed by atoms with Gasteiger partial charge in [-0.05, 0) is 41.4 Å². The van der Waals surface area contributed by atoms with Crippen molar-refractivity contribution in [2.45, 2.75) is 26.3 Å². The summed E-state index contributed by atoms with van der Waals surface area (Å²) in [7, 11) is 1.87. The molecule has 0 saturated carbocycles. The van der Waals surface area contributed by atoms with E-state index in [1.807, 2.05) is 27.0 Å². The Morgan fingerprint density at radius 3 is 2.65 bits per heavy atom. The molecule has 1 atom stereocenters. The molecule has 1 unspecified atom stereocenters. The lowest BCUT2D eigenvalue weighted by molar-refractivity contribution is 0.496. The fourth-order valence-electron chi connectivity index (χ4n) is 2.27. The van der Waals surface area contributed by atoms with E-state index < -0.39 is 0 Å². The van der Waals surface area contributed by atoms with E-state index in [4.69, 9.17) is 5.84 Å². The summed E-state index contributed by atoms with van der Waals surface area (Å²) in [5, 5.41) is 4.34. The Balaban J connectivity index is 2.33. The molecule has 0 saturated heterocycles. The van der Waals surface area contributed by atoms with E-state index in [-0.39, 0.29) is 11.9 Å². The third-order valence-electron chi connectivity index (χ3n) is 3.39. The lowest BCUT2D eigenvalue weighted by Crippen LogP contribution is -2.31. The van der Waals surface area contributed by atoms with Gasteiger partial charge in [0, 0.05) is 19.0 Å². The molecule has 4 nitrogen and oxygen atoms in total. The maximum Gasteiger partial charge on any atom is 0.128 e. The molecule has 1 heterocycles. The van der Waals surface area contributed by atoms with Gasteiger partial charge in [-0.1, -0.05) is 12.1 Å². The smallest absolute Gasteiger partial charge is 0.128 e. The van der Waals surface area contributed by atoms with Crippen molar-refractivity contribution in [2.24, 2.45) is 12.9 Å². The second-order valence-corrected chi connectivity index (χ2v) is 5.71. The molecule has 108 valence electrons. The fraction of sp³-hybridized carbons (Fsp3) is 0.357. The van der Waals surface area contributed by atoms with Gasteiger partial charge in [0.05, 0.1) is 21.9 Å². The highest BCUT2D eigenvalue weighted by Gasteiger charge is 2.19. The molecule has 0 amide bonds. The number of nitrogens with one attached hydrogen (secondary N) is 1. The number of halogens is 2. The van der Waals surface area contributed by atoms with Crippen LogP contribution in [0.5, 0.6) is 0 Å². The molecule has 0 spiro atoms. The molecule has 1 aromatic carbocycles. The minimum absolute atomic E-state index is 0.247. The summed E-state index contributed by atoms with van der Waals surface area (Å²) in [6.07, 6.45) is 0.550. The maximum absolute atomic E-state index is 14.1. The third-order valence-corrected chi connectivity index (χ3v) is 4.42. The number of rotatable bonds is 4. The zero-order chi connectivity index (χ0) is 14.9. The fourth-order valence-corrected chi connectivity index (χ4v) is 2.77. The highest BCUT2D eigenvalue weighted by Crippen LogP contribution is 2.27. The summed E-state index contributed by atoms with van der Waals surface area (Å²) >= 11 is 3.52. The van der Waals surface area contributed by atoms with Crippen molar-refractivity contribution in [2.75, 3.05) is 0 Å². The molecule has 0 bridgehead atoms. The molecule has 6 heteroatoms. The van der Waals surface area contributed by atoms with Crippen molar-refractivity contribution in [3.63, 3.8) is 0 Å². The Bertz CT molecular complexity index is 624. The van der Waals surface area contributed by atoms with Crippen molar-refractivity contribution in [3.8, 4) is 0 Å². The maximum atomic E-state index is 14.1. The first kappa shape index (κ1) is 15.2. The van der Waals surface area contributed by atoms with Crippen LogP contribution in [0.15, 0.2) is 22.7 Å². The van der Waals surface area contributed by atoms with Crippen molar-refractivity contribution in [1.82, 2.24) is 15.2 Å². The van der Waals surface area contributed by atoms with Gasteiger partial charge in [-0.2, -0.15) is 5.10 Å².